The van der Waals surface area contributed by atoms with Gasteiger partial charge in [0.15, 0.2) is 0 Å². The monoisotopic (exact) mass is 162 g/mol. The van der Waals surface area contributed by atoms with Gasteiger partial charge in [-0.3, -0.25) is 0 Å². The molecule has 0 heterocycles. The topological polar surface area (TPSA) is 9.23 Å². The highest BCUT2D eigenvalue weighted by atomic mass is 16.4. The summed E-state index contributed by atoms with van der Waals surface area (Å²) in [6, 6.07) is 2.17. The van der Waals surface area contributed by atoms with Gasteiger partial charge < -0.3 is 4.65 Å². The molecule has 0 spiro atoms. The Balaban J connectivity index is 3.40. The molecule has 0 bridgehead atoms. The van der Waals surface area contributed by atoms with E-state index < -0.39 is 0 Å². The van der Waals surface area contributed by atoms with E-state index in [1.54, 1.807) is 8.05 Å². The van der Waals surface area contributed by atoms with Crippen LogP contribution in [0.3, 0.4) is 0 Å². The average molecular weight is 162 g/mol. The Morgan fingerprint density at radius 2 is 1.58 bits per heavy atom. The molecule has 0 N–H and O–H groups in total. The lowest BCUT2D eigenvalue weighted by atomic mass is 9.99. The van der Waals surface area contributed by atoms with E-state index >= 15 is 0 Å². The summed E-state index contributed by atoms with van der Waals surface area (Å²) < 4.78 is 5.31. The molecule has 0 amide bonds. The van der Waals surface area contributed by atoms with Gasteiger partial charge in [-0.25, -0.2) is 0 Å². The van der Waals surface area contributed by atoms with Crippen LogP contribution in [0.1, 0.15) is 22.3 Å². The van der Waals surface area contributed by atoms with E-state index in [9.17, 15) is 0 Å². The molecule has 0 radical (unpaired) electrons. The molecule has 0 saturated heterocycles. The van der Waals surface area contributed by atoms with E-state index in [0.29, 0.717) is 0 Å². The van der Waals surface area contributed by atoms with Crippen molar-refractivity contribution < 1.29 is 4.65 Å². The zero-order chi connectivity index (χ0) is 9.30. The maximum absolute atomic E-state index is 5.31. The van der Waals surface area contributed by atoms with Crippen LogP contribution >= 0.6 is 0 Å². The molecule has 0 aromatic heterocycles. The molecule has 1 nitrogen and oxygen atoms in total. The lowest BCUT2D eigenvalue weighted by Gasteiger charge is -2.13. The van der Waals surface area contributed by atoms with Crippen molar-refractivity contribution in [1.82, 2.24) is 0 Å². The summed E-state index contributed by atoms with van der Waals surface area (Å²) >= 11 is 0. The zero-order valence-electron chi connectivity index (χ0n) is 8.49. The normalized spacial score (nSPS) is 10.0. The first-order valence-electron chi connectivity index (χ1n) is 4.19. The predicted octanol–water partition coefficient (Wildman–Crippen LogP) is 1.85. The summed E-state index contributed by atoms with van der Waals surface area (Å²) in [7, 11) is 1.73. The Kier molecular flexibility index (Phi) is 2.46. The van der Waals surface area contributed by atoms with Crippen LogP contribution in [0.5, 0.6) is 5.75 Å². The highest BCUT2D eigenvalue weighted by Crippen LogP contribution is 2.27. The molecule has 0 aliphatic heterocycles. The van der Waals surface area contributed by atoms with Gasteiger partial charge in [0.2, 0.25) is 0 Å². The van der Waals surface area contributed by atoms with Gasteiger partial charge in [0.05, 0.1) is 0 Å². The van der Waals surface area contributed by atoms with Crippen LogP contribution in [0.2, 0.25) is 0 Å². The summed E-state index contributed by atoms with van der Waals surface area (Å²) in [6.07, 6.45) is 0. The van der Waals surface area contributed by atoms with Gasteiger partial charge in [-0.15, -0.1) is 0 Å². The summed E-state index contributed by atoms with van der Waals surface area (Å²) in [6.45, 7) is 8.45. The van der Waals surface area contributed by atoms with Crippen LogP contribution in [0.25, 0.3) is 0 Å². The fourth-order valence-corrected chi connectivity index (χ4v) is 1.57. The predicted molar refractivity (Wildman–Crippen MR) is 54.6 cm³/mol. The third kappa shape index (κ3) is 1.34. The fourth-order valence-electron chi connectivity index (χ4n) is 1.57. The van der Waals surface area contributed by atoms with Crippen LogP contribution in [0, 0.1) is 27.7 Å². The molecule has 0 aliphatic carbocycles. The Morgan fingerprint density at radius 1 is 1.00 bits per heavy atom. The Labute approximate surface area is 75.2 Å². The molecule has 1 aromatic rings. The molecule has 2 heteroatoms. The average Bonchev–Trinajstić information content (AvgIpc) is 2.01. The third-order valence-electron chi connectivity index (χ3n) is 2.49. The first-order chi connectivity index (χ1) is 5.57. The number of hydrogen-bond acceptors (Lipinski definition) is 1. The van der Waals surface area contributed by atoms with Crippen molar-refractivity contribution >= 4 is 8.05 Å². The second-order valence-electron chi connectivity index (χ2n) is 3.29. The highest BCUT2D eigenvalue weighted by molar-refractivity contribution is 6.00. The van der Waals surface area contributed by atoms with E-state index in [1.165, 1.54) is 22.3 Å². The van der Waals surface area contributed by atoms with E-state index in [1.807, 2.05) is 0 Å². The largest absolute Gasteiger partial charge is 0.568 e. The lowest BCUT2D eigenvalue weighted by Crippen LogP contribution is -1.96. The fraction of sp³-hybridized carbons (Fsp3) is 0.400. The second-order valence-corrected chi connectivity index (χ2v) is 3.29. The van der Waals surface area contributed by atoms with E-state index in [-0.39, 0.29) is 0 Å². The van der Waals surface area contributed by atoms with Crippen molar-refractivity contribution in [2.45, 2.75) is 27.7 Å². The van der Waals surface area contributed by atoms with Gasteiger partial charge >= 0.3 is 8.05 Å². The number of hydrogen-bond donors (Lipinski definition) is 0. The van der Waals surface area contributed by atoms with E-state index in [0.717, 1.165) is 5.75 Å². The number of benzene rings is 1. The summed E-state index contributed by atoms with van der Waals surface area (Å²) in [5.41, 5.74) is 5.15. The van der Waals surface area contributed by atoms with Crippen LogP contribution in [-0.2, 0) is 0 Å². The zero-order valence-corrected chi connectivity index (χ0v) is 8.49. The molecule has 0 aliphatic rings. The van der Waals surface area contributed by atoms with Crippen molar-refractivity contribution in [3.8, 4) is 5.75 Å². The van der Waals surface area contributed by atoms with Gasteiger partial charge in [0.25, 0.3) is 0 Å². The minimum absolute atomic E-state index is 1.03. The molecule has 0 unspecified atom stereocenters. The van der Waals surface area contributed by atoms with E-state index in [4.69, 9.17) is 4.65 Å². The number of rotatable bonds is 1. The second kappa shape index (κ2) is 3.22. The Hall–Kier alpha value is -0.915. The minimum atomic E-state index is 1.03. The smallest absolute Gasteiger partial charge is 0.322 e. The highest BCUT2D eigenvalue weighted by Gasteiger charge is 2.06. The van der Waals surface area contributed by atoms with Crippen LogP contribution in [-0.4, -0.2) is 8.05 Å². The first kappa shape index (κ1) is 9.18. The van der Waals surface area contributed by atoms with Crippen molar-refractivity contribution in [3.63, 3.8) is 0 Å². The summed E-state index contributed by atoms with van der Waals surface area (Å²) in [4.78, 5) is 0. The van der Waals surface area contributed by atoms with Crippen LogP contribution in [0.4, 0.5) is 0 Å². The van der Waals surface area contributed by atoms with Crippen LogP contribution < -0.4 is 4.65 Å². The maximum Gasteiger partial charge on any atom is 0.322 e. The van der Waals surface area contributed by atoms with Gasteiger partial charge in [-0.2, -0.15) is 0 Å². The van der Waals surface area contributed by atoms with Crippen molar-refractivity contribution in [2.24, 2.45) is 0 Å². The van der Waals surface area contributed by atoms with Gasteiger partial charge in [0, 0.05) is 0 Å². The molecule has 64 valence electrons. The molecule has 0 atom stereocenters. The Bertz CT molecular complexity index is 305. The van der Waals surface area contributed by atoms with Gasteiger partial charge in [-0.05, 0) is 49.9 Å². The minimum Gasteiger partial charge on any atom is -0.568 e. The maximum atomic E-state index is 5.31. The lowest BCUT2D eigenvalue weighted by molar-refractivity contribution is 0.603. The third-order valence-corrected chi connectivity index (χ3v) is 2.49. The molecule has 0 fully saturated rings. The van der Waals surface area contributed by atoms with E-state index in [2.05, 4.69) is 33.8 Å². The van der Waals surface area contributed by atoms with Crippen molar-refractivity contribution in [3.05, 3.63) is 28.3 Å². The summed E-state index contributed by atoms with van der Waals surface area (Å²) in [5.74, 6) is 1.03. The molecule has 12 heavy (non-hydrogen) atoms. The quantitative estimate of drug-likeness (QED) is 0.572. The molecular weight excluding hydrogens is 147 g/mol. The molecule has 1 rings (SSSR count). The van der Waals surface area contributed by atoms with Crippen LogP contribution in [0.15, 0.2) is 6.07 Å². The standard InChI is InChI=1S/C10H15BO/c1-6-5-7(2)10(12-11)9(4)8(6)3/h5H,11H2,1-4H3. The molecule has 1 aromatic carbocycles. The van der Waals surface area contributed by atoms with Gasteiger partial charge in [0.1, 0.15) is 5.75 Å². The molecule has 0 saturated carbocycles. The SMILES string of the molecule is BOc1c(C)cc(C)c(C)c1C. The number of aryl methyl sites for hydroxylation is 2. The van der Waals surface area contributed by atoms with Crippen molar-refractivity contribution in [1.29, 1.82) is 0 Å². The van der Waals surface area contributed by atoms with Gasteiger partial charge in [-0.1, -0.05) is 6.07 Å². The first-order valence-corrected chi connectivity index (χ1v) is 4.19. The summed E-state index contributed by atoms with van der Waals surface area (Å²) in [5, 5.41) is 0. The molecular formula is C10H15BO. The Morgan fingerprint density at radius 3 is 2.08 bits per heavy atom. The van der Waals surface area contributed by atoms with Crippen molar-refractivity contribution in [2.75, 3.05) is 0 Å².